The summed E-state index contributed by atoms with van der Waals surface area (Å²) >= 11 is 0. The van der Waals surface area contributed by atoms with Gasteiger partial charge in [-0.2, -0.15) is 0 Å². The lowest BCUT2D eigenvalue weighted by Gasteiger charge is -2.34. The summed E-state index contributed by atoms with van der Waals surface area (Å²) in [6.45, 7) is 7.19. The minimum Gasteiger partial charge on any atom is -0.355 e. The number of sulfone groups is 1. The van der Waals surface area contributed by atoms with Gasteiger partial charge in [0.1, 0.15) is 0 Å². The Labute approximate surface area is 230 Å². The van der Waals surface area contributed by atoms with E-state index in [1.165, 1.54) is 12.3 Å². The maximum atomic E-state index is 13.2. The van der Waals surface area contributed by atoms with E-state index in [0.29, 0.717) is 36.6 Å². The Morgan fingerprint density at radius 3 is 2.18 bits per heavy atom. The number of hydrogen-bond acceptors (Lipinski definition) is 6. The highest BCUT2D eigenvalue weighted by atomic mass is 32.2. The van der Waals surface area contributed by atoms with Crippen LogP contribution in [0.4, 0.5) is 11.5 Å². The summed E-state index contributed by atoms with van der Waals surface area (Å²) in [5, 5.41) is 5.91. The topological polar surface area (TPSA) is 108 Å². The maximum absolute atomic E-state index is 13.2. The summed E-state index contributed by atoms with van der Waals surface area (Å²) in [6.07, 6.45) is 4.50. The van der Waals surface area contributed by atoms with Gasteiger partial charge in [0.05, 0.1) is 10.6 Å². The van der Waals surface area contributed by atoms with Crippen molar-refractivity contribution < 1.29 is 18.0 Å². The second-order valence-electron chi connectivity index (χ2n) is 11.1. The predicted molar refractivity (Wildman–Crippen MR) is 155 cm³/mol. The monoisotopic (exact) mass is 548 g/mol. The van der Waals surface area contributed by atoms with Gasteiger partial charge in [-0.25, -0.2) is 13.4 Å². The summed E-state index contributed by atoms with van der Waals surface area (Å²) < 4.78 is 24.5. The van der Waals surface area contributed by atoms with Gasteiger partial charge < -0.3 is 15.5 Å². The van der Waals surface area contributed by atoms with Gasteiger partial charge in [0.25, 0.3) is 5.91 Å². The highest BCUT2D eigenvalue weighted by molar-refractivity contribution is 7.90. The van der Waals surface area contributed by atoms with Crippen LogP contribution in [0.15, 0.2) is 71.8 Å². The molecule has 1 aliphatic heterocycles. The zero-order chi connectivity index (χ0) is 28.2. The average molecular weight is 549 g/mol. The van der Waals surface area contributed by atoms with Crippen LogP contribution in [0, 0.1) is 5.92 Å². The van der Waals surface area contributed by atoms with E-state index >= 15 is 0 Å². The first kappa shape index (κ1) is 28.3. The largest absolute Gasteiger partial charge is 0.355 e. The summed E-state index contributed by atoms with van der Waals surface area (Å²) in [4.78, 5) is 32.1. The number of hydrogen-bond donors (Lipinski definition) is 2. The van der Waals surface area contributed by atoms with E-state index in [-0.39, 0.29) is 28.2 Å². The van der Waals surface area contributed by atoms with Crippen molar-refractivity contribution >= 4 is 33.2 Å². The van der Waals surface area contributed by atoms with E-state index in [2.05, 4.69) is 15.6 Å². The molecule has 8 nitrogen and oxygen atoms in total. The highest BCUT2D eigenvalue weighted by Gasteiger charge is 2.26. The molecular formula is C30H36N4O4S. The van der Waals surface area contributed by atoms with E-state index in [4.69, 9.17) is 0 Å². The van der Waals surface area contributed by atoms with Crippen molar-refractivity contribution in [3.8, 4) is 11.1 Å². The van der Waals surface area contributed by atoms with E-state index in [1.807, 2.05) is 68.1 Å². The van der Waals surface area contributed by atoms with Crippen molar-refractivity contribution in [2.75, 3.05) is 29.6 Å². The molecule has 9 heteroatoms. The van der Waals surface area contributed by atoms with Gasteiger partial charge >= 0.3 is 0 Å². The van der Waals surface area contributed by atoms with Crippen molar-refractivity contribution in [1.82, 2.24) is 10.3 Å². The molecule has 206 valence electrons. The fraction of sp³-hybridized carbons (Fsp3) is 0.367. The molecule has 1 saturated heterocycles. The van der Waals surface area contributed by atoms with Crippen LogP contribution in [0.2, 0.25) is 0 Å². The van der Waals surface area contributed by atoms with Gasteiger partial charge in [-0.1, -0.05) is 42.5 Å². The zero-order valence-corrected chi connectivity index (χ0v) is 23.7. The molecule has 0 spiro atoms. The Morgan fingerprint density at radius 2 is 1.59 bits per heavy atom. The van der Waals surface area contributed by atoms with Gasteiger partial charge in [-0.3, -0.25) is 9.59 Å². The molecule has 2 heterocycles. The molecule has 2 amide bonds. The number of aromatic nitrogens is 1. The second kappa shape index (κ2) is 11.6. The van der Waals surface area contributed by atoms with Crippen LogP contribution in [0.5, 0.6) is 0 Å². The number of piperidine rings is 1. The number of amides is 2. The van der Waals surface area contributed by atoms with E-state index in [1.54, 1.807) is 12.1 Å². The Hall–Kier alpha value is -3.72. The Kier molecular flexibility index (Phi) is 8.39. The molecule has 3 aromatic rings. The molecule has 2 N–H and O–H groups in total. The Morgan fingerprint density at radius 1 is 0.974 bits per heavy atom. The number of rotatable bonds is 7. The maximum Gasteiger partial charge on any atom is 0.255 e. The van der Waals surface area contributed by atoms with Crippen molar-refractivity contribution in [3.05, 3.63) is 72.4 Å². The lowest BCUT2D eigenvalue weighted by molar-refractivity contribution is -0.123. The first-order chi connectivity index (χ1) is 18.4. The highest BCUT2D eigenvalue weighted by Crippen LogP contribution is 2.31. The minimum absolute atomic E-state index is 0.0368. The molecule has 0 aliphatic carbocycles. The molecular weight excluding hydrogens is 512 g/mol. The normalized spacial score (nSPS) is 14.6. The number of pyridine rings is 1. The summed E-state index contributed by atoms with van der Waals surface area (Å²) in [5.74, 6) is 0.467. The number of benzene rings is 2. The molecule has 39 heavy (non-hydrogen) atoms. The molecule has 2 aromatic carbocycles. The third-order valence-electron chi connectivity index (χ3n) is 6.67. The molecule has 0 unspecified atom stereocenters. The first-order valence-electron chi connectivity index (χ1n) is 13.1. The predicted octanol–water partition coefficient (Wildman–Crippen LogP) is 4.93. The van der Waals surface area contributed by atoms with Crippen molar-refractivity contribution in [2.45, 2.75) is 50.5 Å². The van der Waals surface area contributed by atoms with Crippen LogP contribution in [0.3, 0.4) is 0 Å². The van der Waals surface area contributed by atoms with E-state index < -0.39 is 9.84 Å². The zero-order valence-electron chi connectivity index (χ0n) is 22.9. The van der Waals surface area contributed by atoms with Crippen LogP contribution in [-0.4, -0.2) is 50.1 Å². The smallest absolute Gasteiger partial charge is 0.255 e. The van der Waals surface area contributed by atoms with Crippen LogP contribution in [0.25, 0.3) is 11.1 Å². The summed E-state index contributed by atoms with van der Waals surface area (Å²) in [5.41, 5.74) is 2.58. The number of carbonyl (C=O) groups excluding carboxylic acids is 2. The molecule has 0 radical (unpaired) electrons. The third kappa shape index (κ3) is 7.66. The van der Waals surface area contributed by atoms with Gasteiger partial charge in [-0.15, -0.1) is 0 Å². The molecule has 1 fully saturated rings. The quantitative estimate of drug-likeness (QED) is 0.434. The molecule has 1 aromatic heterocycles. The fourth-order valence-electron chi connectivity index (χ4n) is 4.70. The first-order valence-corrected chi connectivity index (χ1v) is 15.0. The van der Waals surface area contributed by atoms with Crippen molar-refractivity contribution in [2.24, 2.45) is 5.92 Å². The van der Waals surface area contributed by atoms with Gasteiger partial charge in [0, 0.05) is 43.1 Å². The SMILES string of the molecule is CC(C)(C)NC(=O)CC1CCN(c2ncc(S(C)(=O)=O)cc2NC(=O)c2ccc(-c3ccccc3)cc2)CC1. The second-order valence-corrected chi connectivity index (χ2v) is 13.2. The number of carbonyl (C=O) groups is 2. The summed E-state index contributed by atoms with van der Waals surface area (Å²) in [6, 6.07) is 18.6. The lowest BCUT2D eigenvalue weighted by atomic mass is 9.92. The Balaban J connectivity index is 1.50. The summed E-state index contributed by atoms with van der Waals surface area (Å²) in [7, 11) is -3.52. The molecule has 0 saturated carbocycles. The molecule has 0 atom stereocenters. The van der Waals surface area contributed by atoms with Crippen molar-refractivity contribution in [1.29, 1.82) is 0 Å². The average Bonchev–Trinajstić information content (AvgIpc) is 2.88. The molecule has 4 rings (SSSR count). The van der Waals surface area contributed by atoms with Gasteiger partial charge in [0.15, 0.2) is 15.7 Å². The number of anilines is 2. The number of nitrogens with one attached hydrogen (secondary N) is 2. The third-order valence-corrected chi connectivity index (χ3v) is 7.75. The molecule has 1 aliphatic rings. The minimum atomic E-state index is -3.52. The Bertz CT molecular complexity index is 1420. The lowest BCUT2D eigenvalue weighted by Crippen LogP contribution is -2.42. The standard InChI is InChI=1S/C30H36N4O4S/c1-30(2,3)33-27(35)18-21-14-16-34(17-15-21)28-26(19-25(20-31-28)39(4,37)38)32-29(36)24-12-10-23(11-13-24)22-8-6-5-7-9-22/h5-13,19-21H,14-18H2,1-4H3,(H,32,36)(H,33,35). The molecule has 0 bridgehead atoms. The van der Waals surface area contributed by atoms with Crippen molar-refractivity contribution in [3.63, 3.8) is 0 Å². The van der Waals surface area contributed by atoms with Crippen LogP contribution < -0.4 is 15.5 Å². The fourth-order valence-corrected chi connectivity index (χ4v) is 5.28. The van der Waals surface area contributed by atoms with E-state index in [9.17, 15) is 18.0 Å². The van der Waals surface area contributed by atoms with Crippen LogP contribution in [-0.2, 0) is 14.6 Å². The number of nitrogens with zero attached hydrogens (tertiary/aromatic N) is 2. The van der Waals surface area contributed by atoms with Gasteiger partial charge in [0.2, 0.25) is 5.91 Å². The van der Waals surface area contributed by atoms with Gasteiger partial charge in [-0.05, 0) is 68.9 Å². The van der Waals surface area contributed by atoms with Crippen LogP contribution in [0.1, 0.15) is 50.4 Å². The van der Waals surface area contributed by atoms with Crippen LogP contribution >= 0.6 is 0 Å². The van der Waals surface area contributed by atoms with E-state index in [0.717, 1.165) is 30.2 Å².